The van der Waals surface area contributed by atoms with Crippen molar-refractivity contribution < 1.29 is 22.7 Å². The lowest BCUT2D eigenvalue weighted by Gasteiger charge is -2.55. The summed E-state index contributed by atoms with van der Waals surface area (Å²) in [5.41, 5.74) is 5.96. The van der Waals surface area contributed by atoms with E-state index in [4.69, 9.17) is 10.5 Å². The van der Waals surface area contributed by atoms with Gasteiger partial charge in [0.15, 0.2) is 0 Å². The van der Waals surface area contributed by atoms with Gasteiger partial charge in [-0.15, -0.1) is 12.4 Å². The molecule has 1 unspecified atom stereocenters. The van der Waals surface area contributed by atoms with Crippen molar-refractivity contribution in [3.8, 4) is 0 Å². The largest absolute Gasteiger partial charge is 0.401 e. The van der Waals surface area contributed by atoms with Crippen molar-refractivity contribution in [3.63, 3.8) is 0 Å². The predicted molar refractivity (Wildman–Crippen MR) is 94.2 cm³/mol. The van der Waals surface area contributed by atoms with Crippen LogP contribution in [0.15, 0.2) is 24.3 Å². The third-order valence-electron chi connectivity index (χ3n) is 5.61. The Labute approximate surface area is 157 Å². The molecule has 26 heavy (non-hydrogen) atoms. The normalized spacial score (nSPS) is 29.1. The molecule has 1 aliphatic heterocycles. The summed E-state index contributed by atoms with van der Waals surface area (Å²) in [5.74, 6) is -0.612. The fourth-order valence-corrected chi connectivity index (χ4v) is 4.75. The van der Waals surface area contributed by atoms with Crippen molar-refractivity contribution in [1.82, 2.24) is 4.90 Å². The first kappa shape index (κ1) is 21.0. The van der Waals surface area contributed by atoms with Crippen LogP contribution in [0.25, 0.3) is 0 Å². The molecule has 1 aromatic rings. The number of piperidine rings is 1. The lowest BCUT2D eigenvalue weighted by atomic mass is 9.62. The van der Waals surface area contributed by atoms with Crippen LogP contribution in [0, 0.1) is 11.8 Å². The molecule has 8 heteroatoms. The number of rotatable bonds is 4. The second kappa shape index (κ2) is 7.74. The number of nitrogens with two attached hydrogens (primary N) is 1. The SMILES string of the molecule is COC1(c2cccc(C(N)=O)c2)[C@@H]2CCC[C@H]1CN(CC(F)(F)F)C2.Cl. The Kier molecular flexibility index (Phi) is 6.25. The van der Waals surface area contributed by atoms with E-state index in [1.807, 2.05) is 6.07 Å². The van der Waals surface area contributed by atoms with Gasteiger partial charge >= 0.3 is 6.18 Å². The molecule has 1 heterocycles. The fourth-order valence-electron chi connectivity index (χ4n) is 4.75. The Bertz CT molecular complexity index is 640. The molecule has 3 rings (SSSR count). The molecule has 3 atom stereocenters. The van der Waals surface area contributed by atoms with E-state index in [1.54, 1.807) is 25.3 Å². The van der Waals surface area contributed by atoms with Crippen LogP contribution >= 0.6 is 12.4 Å². The number of halogens is 4. The summed E-state index contributed by atoms with van der Waals surface area (Å²) < 4.78 is 44.5. The summed E-state index contributed by atoms with van der Waals surface area (Å²) in [4.78, 5) is 13.0. The molecule has 146 valence electrons. The maximum atomic E-state index is 12.8. The highest BCUT2D eigenvalue weighted by Crippen LogP contribution is 2.51. The maximum absolute atomic E-state index is 12.8. The first-order chi connectivity index (χ1) is 11.8. The first-order valence-corrected chi connectivity index (χ1v) is 8.51. The molecule has 0 aromatic heterocycles. The number of benzene rings is 1. The van der Waals surface area contributed by atoms with Gasteiger partial charge in [-0.2, -0.15) is 13.2 Å². The number of hydrogen-bond acceptors (Lipinski definition) is 3. The number of alkyl halides is 3. The topological polar surface area (TPSA) is 55.6 Å². The Hall–Kier alpha value is -1.31. The van der Waals surface area contributed by atoms with E-state index in [9.17, 15) is 18.0 Å². The minimum absolute atomic E-state index is 0. The Morgan fingerprint density at radius 2 is 1.92 bits per heavy atom. The lowest BCUT2D eigenvalue weighted by molar-refractivity contribution is -0.197. The van der Waals surface area contributed by atoms with Crippen molar-refractivity contribution in [3.05, 3.63) is 35.4 Å². The Morgan fingerprint density at radius 1 is 1.31 bits per heavy atom. The number of carbonyl (C=O) groups excluding carboxylic acids is 1. The van der Waals surface area contributed by atoms with E-state index in [2.05, 4.69) is 0 Å². The van der Waals surface area contributed by atoms with Gasteiger partial charge in [-0.3, -0.25) is 9.69 Å². The van der Waals surface area contributed by atoms with Gasteiger partial charge in [-0.25, -0.2) is 0 Å². The quantitative estimate of drug-likeness (QED) is 0.855. The molecule has 1 amide bonds. The highest BCUT2D eigenvalue weighted by atomic mass is 35.5. The molecule has 1 saturated heterocycles. The zero-order valence-electron chi connectivity index (χ0n) is 14.6. The summed E-state index contributed by atoms with van der Waals surface area (Å²) in [5, 5.41) is 0. The average Bonchev–Trinajstić information content (AvgIpc) is 2.52. The average molecular weight is 393 g/mol. The number of fused-ring (bicyclic) bond motifs is 2. The number of amides is 1. The minimum atomic E-state index is -4.20. The molecule has 1 aliphatic carbocycles. The van der Waals surface area contributed by atoms with Gasteiger partial charge in [0.05, 0.1) is 6.54 Å². The van der Waals surface area contributed by atoms with E-state index in [0.717, 1.165) is 24.8 Å². The van der Waals surface area contributed by atoms with Crippen LogP contribution in [-0.4, -0.2) is 43.7 Å². The number of likely N-dealkylation sites (tertiary alicyclic amines) is 1. The van der Waals surface area contributed by atoms with Crippen LogP contribution in [0.5, 0.6) is 0 Å². The van der Waals surface area contributed by atoms with Crippen molar-refractivity contribution in [2.45, 2.75) is 31.0 Å². The molecule has 1 aromatic carbocycles. The van der Waals surface area contributed by atoms with E-state index in [-0.39, 0.29) is 24.2 Å². The van der Waals surface area contributed by atoms with Gasteiger partial charge in [0.1, 0.15) is 5.60 Å². The van der Waals surface area contributed by atoms with Gasteiger partial charge in [0.2, 0.25) is 5.91 Å². The fraction of sp³-hybridized carbons (Fsp3) is 0.611. The summed E-state index contributed by atoms with van der Waals surface area (Å²) >= 11 is 0. The highest BCUT2D eigenvalue weighted by molar-refractivity contribution is 5.92. The molecule has 4 nitrogen and oxygen atoms in total. The van der Waals surface area contributed by atoms with Crippen LogP contribution in [0.3, 0.4) is 0 Å². The number of nitrogens with zero attached hydrogens (tertiary/aromatic N) is 1. The number of primary amides is 1. The zero-order valence-corrected chi connectivity index (χ0v) is 15.4. The molecular formula is C18H24ClF3N2O2. The van der Waals surface area contributed by atoms with Gasteiger partial charge in [-0.05, 0) is 30.5 Å². The van der Waals surface area contributed by atoms with Crippen LogP contribution in [-0.2, 0) is 10.3 Å². The number of ether oxygens (including phenoxy) is 1. The van der Waals surface area contributed by atoms with Gasteiger partial charge in [0, 0.05) is 37.6 Å². The Balaban J connectivity index is 0.00000243. The lowest BCUT2D eigenvalue weighted by Crippen LogP contribution is -2.60. The van der Waals surface area contributed by atoms with Crippen LogP contribution < -0.4 is 5.73 Å². The van der Waals surface area contributed by atoms with Crippen molar-refractivity contribution >= 4 is 18.3 Å². The van der Waals surface area contributed by atoms with Crippen molar-refractivity contribution in [1.29, 1.82) is 0 Å². The Morgan fingerprint density at radius 3 is 2.42 bits per heavy atom. The summed E-state index contributed by atoms with van der Waals surface area (Å²) in [7, 11) is 1.61. The first-order valence-electron chi connectivity index (χ1n) is 8.51. The molecule has 0 radical (unpaired) electrons. The third kappa shape index (κ3) is 3.85. The molecule has 2 aliphatic rings. The van der Waals surface area contributed by atoms with Crippen molar-refractivity contribution in [2.24, 2.45) is 17.6 Å². The third-order valence-corrected chi connectivity index (χ3v) is 5.61. The monoisotopic (exact) mass is 392 g/mol. The van der Waals surface area contributed by atoms with Crippen LogP contribution in [0.4, 0.5) is 13.2 Å². The van der Waals surface area contributed by atoms with Gasteiger partial charge in [0.25, 0.3) is 0 Å². The predicted octanol–water partition coefficient (Wildman–Crippen LogP) is 3.34. The molecule has 2 fully saturated rings. The molecule has 1 saturated carbocycles. The molecule has 2 N–H and O–H groups in total. The van der Waals surface area contributed by atoms with E-state index >= 15 is 0 Å². The second-order valence-corrected chi connectivity index (χ2v) is 7.08. The number of carbonyl (C=O) groups is 1. The molecule has 2 bridgehead atoms. The van der Waals surface area contributed by atoms with E-state index < -0.39 is 24.2 Å². The van der Waals surface area contributed by atoms with Gasteiger partial charge < -0.3 is 10.5 Å². The molecular weight excluding hydrogens is 369 g/mol. The van der Waals surface area contributed by atoms with Crippen molar-refractivity contribution in [2.75, 3.05) is 26.7 Å². The zero-order chi connectivity index (χ0) is 18.2. The van der Waals surface area contributed by atoms with E-state index in [1.165, 1.54) is 4.90 Å². The number of methoxy groups -OCH3 is 1. The van der Waals surface area contributed by atoms with Crippen LogP contribution in [0.1, 0.15) is 35.2 Å². The van der Waals surface area contributed by atoms with E-state index in [0.29, 0.717) is 18.7 Å². The molecule has 0 spiro atoms. The maximum Gasteiger partial charge on any atom is 0.401 e. The smallest absolute Gasteiger partial charge is 0.373 e. The highest BCUT2D eigenvalue weighted by Gasteiger charge is 2.54. The minimum Gasteiger partial charge on any atom is -0.373 e. The van der Waals surface area contributed by atoms with Gasteiger partial charge in [-0.1, -0.05) is 18.6 Å². The summed E-state index contributed by atoms with van der Waals surface area (Å²) in [6.45, 7) is -0.212. The standard InChI is InChI=1S/C18H23F3N2O2.ClH/c1-25-18(13-5-2-4-12(8-13)16(22)24)14-6-3-7-15(18)10-23(9-14)11-17(19,20)21;/h2,4-5,8,14-15H,3,6-7,9-11H2,1H3,(H2,22,24);1H/t14-,15+,18?;. The summed E-state index contributed by atoms with van der Waals surface area (Å²) in [6.07, 6.45) is -1.61. The van der Waals surface area contributed by atoms with Crippen LogP contribution in [0.2, 0.25) is 0 Å². The summed E-state index contributed by atoms with van der Waals surface area (Å²) in [6, 6.07) is 7.02. The number of hydrogen-bond donors (Lipinski definition) is 1. The second-order valence-electron chi connectivity index (χ2n) is 7.08.